The molecule has 0 saturated carbocycles. The molecule has 1 aliphatic rings. The van der Waals surface area contributed by atoms with Crippen LogP contribution in [0.4, 0.5) is 0 Å². The summed E-state index contributed by atoms with van der Waals surface area (Å²) in [5.74, 6) is 0. The lowest BCUT2D eigenvalue weighted by molar-refractivity contribution is 0.369. The fourth-order valence-corrected chi connectivity index (χ4v) is 1.91. The van der Waals surface area contributed by atoms with Crippen LogP contribution in [0.15, 0.2) is 0 Å². The maximum atomic E-state index is 5.98. The van der Waals surface area contributed by atoms with Gasteiger partial charge in [0.15, 0.2) is 0 Å². The minimum absolute atomic E-state index is 0.0119. The summed E-state index contributed by atoms with van der Waals surface area (Å²) in [5.41, 5.74) is 5.97. The number of rotatable bonds is 2. The Labute approximate surface area is 75.9 Å². The highest BCUT2D eigenvalue weighted by atomic mass is 14.9. The molecule has 0 spiro atoms. The number of hydrogen-bond donors (Lipinski definition) is 2. The van der Waals surface area contributed by atoms with Crippen LogP contribution < -0.4 is 11.1 Å². The number of nitrogens with two attached hydrogens (primary N) is 1. The van der Waals surface area contributed by atoms with Gasteiger partial charge in [-0.15, -0.1) is 0 Å². The third-order valence-electron chi connectivity index (χ3n) is 2.43. The van der Waals surface area contributed by atoms with E-state index in [2.05, 4.69) is 19.2 Å². The summed E-state index contributed by atoms with van der Waals surface area (Å²) in [7, 11) is 0. The molecule has 1 rings (SSSR count). The van der Waals surface area contributed by atoms with Crippen LogP contribution in [0.3, 0.4) is 0 Å². The zero-order valence-electron chi connectivity index (χ0n) is 8.40. The first-order valence-corrected chi connectivity index (χ1v) is 5.10. The molecule has 1 fully saturated rings. The van der Waals surface area contributed by atoms with Crippen LogP contribution in [0.2, 0.25) is 0 Å². The van der Waals surface area contributed by atoms with Crippen molar-refractivity contribution in [2.24, 2.45) is 5.73 Å². The third kappa shape index (κ3) is 4.07. The minimum Gasteiger partial charge on any atom is -0.326 e. The van der Waals surface area contributed by atoms with Gasteiger partial charge in [0.05, 0.1) is 0 Å². The summed E-state index contributed by atoms with van der Waals surface area (Å²) in [6.45, 7) is 5.40. The van der Waals surface area contributed by atoms with E-state index in [1.54, 1.807) is 0 Å². The molecule has 1 aliphatic heterocycles. The molecule has 2 nitrogen and oxygen atoms in total. The molecule has 0 aromatic heterocycles. The van der Waals surface area contributed by atoms with Gasteiger partial charge in [0.1, 0.15) is 0 Å². The molecule has 0 radical (unpaired) electrons. The van der Waals surface area contributed by atoms with E-state index in [0.717, 1.165) is 6.42 Å². The topological polar surface area (TPSA) is 38.0 Å². The molecule has 0 aliphatic carbocycles. The zero-order chi connectivity index (χ0) is 9.03. The van der Waals surface area contributed by atoms with Gasteiger partial charge in [-0.2, -0.15) is 0 Å². The Bertz CT molecular complexity index is 118. The molecule has 0 amide bonds. The van der Waals surface area contributed by atoms with E-state index < -0.39 is 0 Å². The van der Waals surface area contributed by atoms with Gasteiger partial charge in [-0.25, -0.2) is 0 Å². The molecule has 12 heavy (non-hydrogen) atoms. The predicted molar refractivity (Wildman–Crippen MR) is 53.1 cm³/mol. The Morgan fingerprint density at radius 1 is 1.33 bits per heavy atom. The van der Waals surface area contributed by atoms with Crippen molar-refractivity contribution >= 4 is 0 Å². The number of hydrogen-bond acceptors (Lipinski definition) is 2. The second kappa shape index (κ2) is 4.24. The van der Waals surface area contributed by atoms with E-state index in [-0.39, 0.29) is 5.54 Å². The van der Waals surface area contributed by atoms with Gasteiger partial charge in [0, 0.05) is 11.6 Å². The van der Waals surface area contributed by atoms with Gasteiger partial charge in [-0.3, -0.25) is 0 Å². The fourth-order valence-electron chi connectivity index (χ4n) is 1.91. The highest BCUT2D eigenvalue weighted by Gasteiger charge is 2.19. The Hall–Kier alpha value is -0.0800. The van der Waals surface area contributed by atoms with Crippen LogP contribution in [0.25, 0.3) is 0 Å². The highest BCUT2D eigenvalue weighted by molar-refractivity contribution is 4.81. The first-order valence-electron chi connectivity index (χ1n) is 5.10. The van der Waals surface area contributed by atoms with E-state index >= 15 is 0 Å². The minimum atomic E-state index is -0.0119. The lowest BCUT2D eigenvalue weighted by Gasteiger charge is -2.25. The van der Waals surface area contributed by atoms with Gasteiger partial charge < -0.3 is 11.1 Å². The second-order valence-corrected chi connectivity index (χ2v) is 4.69. The molecular formula is C10H22N2. The van der Waals surface area contributed by atoms with Crippen molar-refractivity contribution < 1.29 is 0 Å². The zero-order valence-corrected chi connectivity index (χ0v) is 8.40. The standard InChI is InChI=1S/C10H22N2/c1-10(2,11)8-9-6-4-3-5-7-12-9/h9,12H,3-8,11H2,1-2H3. The Kier molecular flexibility index (Phi) is 3.53. The lowest BCUT2D eigenvalue weighted by Crippen LogP contribution is -2.41. The van der Waals surface area contributed by atoms with Crippen molar-refractivity contribution in [3.8, 4) is 0 Å². The maximum Gasteiger partial charge on any atom is 0.0112 e. The molecular weight excluding hydrogens is 148 g/mol. The van der Waals surface area contributed by atoms with Crippen LogP contribution in [0.5, 0.6) is 0 Å². The van der Waals surface area contributed by atoms with E-state index in [1.807, 2.05) is 0 Å². The quantitative estimate of drug-likeness (QED) is 0.661. The fraction of sp³-hybridized carbons (Fsp3) is 1.00. The van der Waals surface area contributed by atoms with E-state index in [9.17, 15) is 0 Å². The molecule has 1 atom stereocenters. The summed E-state index contributed by atoms with van der Waals surface area (Å²) in [6.07, 6.45) is 6.50. The number of nitrogens with one attached hydrogen (secondary N) is 1. The van der Waals surface area contributed by atoms with Gasteiger partial charge in [-0.1, -0.05) is 12.8 Å². The van der Waals surface area contributed by atoms with Gasteiger partial charge in [-0.05, 0) is 39.7 Å². The molecule has 72 valence electrons. The molecule has 3 N–H and O–H groups in total. The van der Waals surface area contributed by atoms with Gasteiger partial charge >= 0.3 is 0 Å². The van der Waals surface area contributed by atoms with Crippen molar-refractivity contribution in [3.63, 3.8) is 0 Å². The summed E-state index contributed by atoms with van der Waals surface area (Å²) < 4.78 is 0. The Morgan fingerprint density at radius 3 is 2.75 bits per heavy atom. The van der Waals surface area contributed by atoms with Crippen molar-refractivity contribution in [1.82, 2.24) is 5.32 Å². The van der Waals surface area contributed by atoms with E-state index in [0.29, 0.717) is 6.04 Å². The SMILES string of the molecule is CC(C)(N)CC1CCCCCN1. The first kappa shape index (κ1) is 10.0. The van der Waals surface area contributed by atoms with Crippen LogP contribution in [-0.2, 0) is 0 Å². The monoisotopic (exact) mass is 170 g/mol. The smallest absolute Gasteiger partial charge is 0.0112 e. The van der Waals surface area contributed by atoms with Crippen molar-refractivity contribution in [2.75, 3.05) is 6.54 Å². The highest BCUT2D eigenvalue weighted by Crippen LogP contribution is 2.16. The maximum absolute atomic E-state index is 5.98. The lowest BCUT2D eigenvalue weighted by atomic mass is 9.94. The predicted octanol–water partition coefficient (Wildman–Crippen LogP) is 1.65. The molecule has 2 heteroatoms. The van der Waals surface area contributed by atoms with E-state index in [4.69, 9.17) is 5.73 Å². The van der Waals surface area contributed by atoms with Crippen molar-refractivity contribution in [2.45, 2.75) is 57.5 Å². The van der Waals surface area contributed by atoms with Gasteiger partial charge in [0.25, 0.3) is 0 Å². The molecule has 0 bridgehead atoms. The van der Waals surface area contributed by atoms with Crippen molar-refractivity contribution in [1.29, 1.82) is 0 Å². The summed E-state index contributed by atoms with van der Waals surface area (Å²) in [4.78, 5) is 0. The Balaban J connectivity index is 2.30. The van der Waals surface area contributed by atoms with Crippen molar-refractivity contribution in [3.05, 3.63) is 0 Å². The van der Waals surface area contributed by atoms with Crippen LogP contribution >= 0.6 is 0 Å². The molecule has 0 aromatic carbocycles. The van der Waals surface area contributed by atoms with Gasteiger partial charge in [0.2, 0.25) is 0 Å². The average Bonchev–Trinajstić information content (AvgIpc) is 2.12. The first-order chi connectivity index (χ1) is 5.58. The third-order valence-corrected chi connectivity index (χ3v) is 2.43. The van der Waals surface area contributed by atoms with Crippen LogP contribution in [-0.4, -0.2) is 18.1 Å². The normalized spacial score (nSPS) is 26.8. The van der Waals surface area contributed by atoms with Crippen LogP contribution in [0.1, 0.15) is 46.0 Å². The van der Waals surface area contributed by atoms with Crippen LogP contribution in [0, 0.1) is 0 Å². The van der Waals surface area contributed by atoms with E-state index in [1.165, 1.54) is 32.2 Å². The summed E-state index contributed by atoms with van der Waals surface area (Å²) >= 11 is 0. The Morgan fingerprint density at radius 2 is 2.08 bits per heavy atom. The molecule has 1 saturated heterocycles. The largest absolute Gasteiger partial charge is 0.326 e. The second-order valence-electron chi connectivity index (χ2n) is 4.69. The molecule has 1 unspecified atom stereocenters. The summed E-state index contributed by atoms with van der Waals surface area (Å²) in [6, 6.07) is 0.660. The molecule has 0 aromatic rings. The average molecular weight is 170 g/mol. The summed E-state index contributed by atoms with van der Waals surface area (Å²) in [5, 5.41) is 3.56. The molecule has 1 heterocycles.